The Bertz CT molecular complexity index is 1830. The first kappa shape index (κ1) is 38.1. The summed E-state index contributed by atoms with van der Waals surface area (Å²) in [7, 11) is -3.91. The van der Waals surface area contributed by atoms with Gasteiger partial charge < -0.3 is 25.0 Å². The van der Waals surface area contributed by atoms with E-state index < -0.39 is 80.2 Å². The second-order valence-corrected chi connectivity index (χ2v) is 19.4. The molecule has 3 aliphatic carbocycles. The number of cyclic esters (lactones) is 1. The molecule has 3 aliphatic heterocycles. The van der Waals surface area contributed by atoms with E-state index in [2.05, 4.69) is 28.0 Å². The maximum atomic E-state index is 14.6. The van der Waals surface area contributed by atoms with Gasteiger partial charge in [-0.2, -0.15) is 0 Å². The first-order valence-electron chi connectivity index (χ1n) is 19.3. The van der Waals surface area contributed by atoms with Crippen LogP contribution >= 0.6 is 0 Å². The number of carbonyl (C=O) groups is 5. The molecule has 5 amide bonds. The Morgan fingerprint density at radius 3 is 2.41 bits per heavy atom. The van der Waals surface area contributed by atoms with Crippen molar-refractivity contribution in [3.8, 4) is 0 Å². The smallest absolute Gasteiger partial charge is 0.410 e. The summed E-state index contributed by atoms with van der Waals surface area (Å²) in [5, 5.41) is 4.90. The van der Waals surface area contributed by atoms with Gasteiger partial charge in [-0.05, 0) is 73.5 Å². The summed E-state index contributed by atoms with van der Waals surface area (Å²) >= 11 is 0. The normalized spacial score (nSPS) is 30.0. The summed E-state index contributed by atoms with van der Waals surface area (Å²) < 4.78 is 39.4. The minimum atomic E-state index is -3.91. The van der Waals surface area contributed by atoms with Crippen LogP contribution in [0.4, 0.5) is 9.59 Å². The van der Waals surface area contributed by atoms with Crippen LogP contribution in [0.1, 0.15) is 102 Å². The number of nitrogens with zero attached hydrogens (tertiary/aromatic N) is 2. The summed E-state index contributed by atoms with van der Waals surface area (Å²) in [4.78, 5) is 72.3. The number of carbonyl (C=O) groups excluding carboxylic acids is 5. The molecular weight excluding hydrogens is 715 g/mol. The molecule has 294 valence electrons. The van der Waals surface area contributed by atoms with Crippen molar-refractivity contribution in [2.75, 3.05) is 13.2 Å². The lowest BCUT2D eigenvalue weighted by Gasteiger charge is -2.42. The fourth-order valence-corrected chi connectivity index (χ4v) is 9.98. The summed E-state index contributed by atoms with van der Waals surface area (Å²) in [6, 6.07) is 3.81. The maximum absolute atomic E-state index is 14.6. The Hall–Kier alpha value is -4.14. The number of hydrogen-bond donors (Lipinski definition) is 3. The topological polar surface area (TPSA) is 181 Å². The average Bonchev–Trinajstić information content (AvgIpc) is 3.99. The van der Waals surface area contributed by atoms with E-state index in [1.807, 2.05) is 12.1 Å². The highest BCUT2D eigenvalue weighted by Crippen LogP contribution is 2.47. The average molecular weight is 768 g/mol. The van der Waals surface area contributed by atoms with Crippen molar-refractivity contribution < 1.29 is 41.9 Å². The van der Waals surface area contributed by atoms with E-state index in [1.54, 1.807) is 25.7 Å². The van der Waals surface area contributed by atoms with Gasteiger partial charge in [-0.1, -0.05) is 57.9 Å². The molecule has 0 aromatic heterocycles. The third-order valence-corrected chi connectivity index (χ3v) is 14.2. The maximum Gasteiger partial charge on any atom is 0.410 e. The Balaban J connectivity index is 1.16. The molecule has 4 fully saturated rings. The van der Waals surface area contributed by atoms with Crippen LogP contribution in [-0.4, -0.2) is 90.3 Å². The molecule has 15 heteroatoms. The number of fused-ring (bicyclic) bond motifs is 3. The third kappa shape index (κ3) is 7.57. The van der Waals surface area contributed by atoms with E-state index in [9.17, 15) is 32.4 Å². The number of rotatable bonds is 6. The van der Waals surface area contributed by atoms with Gasteiger partial charge in [-0.15, -0.1) is 6.58 Å². The molecule has 1 aromatic rings. The number of benzene rings is 1. The van der Waals surface area contributed by atoms with Gasteiger partial charge in [0, 0.05) is 30.8 Å². The van der Waals surface area contributed by atoms with Gasteiger partial charge in [0.05, 0.1) is 18.4 Å². The molecule has 1 aromatic carbocycles. The number of ether oxygens (including phenoxy) is 2. The molecule has 1 saturated heterocycles. The van der Waals surface area contributed by atoms with Crippen molar-refractivity contribution in [3.05, 3.63) is 47.5 Å². The zero-order valence-corrected chi connectivity index (χ0v) is 32.3. The van der Waals surface area contributed by atoms with E-state index >= 15 is 0 Å². The second-order valence-electron chi connectivity index (χ2n) is 17.4. The monoisotopic (exact) mass is 767 g/mol. The van der Waals surface area contributed by atoms with E-state index in [-0.39, 0.29) is 31.4 Å². The molecule has 14 nitrogen and oxygen atoms in total. The minimum absolute atomic E-state index is 0.0734. The molecule has 0 radical (unpaired) electrons. The van der Waals surface area contributed by atoms with Crippen LogP contribution in [0.25, 0.3) is 0 Å². The Kier molecular flexibility index (Phi) is 10.0. The van der Waals surface area contributed by atoms with Gasteiger partial charge in [-0.3, -0.25) is 24.0 Å². The van der Waals surface area contributed by atoms with E-state index in [4.69, 9.17) is 9.47 Å². The van der Waals surface area contributed by atoms with Gasteiger partial charge in [0.25, 0.3) is 5.91 Å². The Morgan fingerprint density at radius 2 is 1.76 bits per heavy atom. The van der Waals surface area contributed by atoms with Crippen LogP contribution in [0.2, 0.25) is 0 Å². The predicted molar refractivity (Wildman–Crippen MR) is 197 cm³/mol. The first-order chi connectivity index (χ1) is 25.5. The molecule has 1 spiro atoms. The lowest BCUT2D eigenvalue weighted by Crippen LogP contribution is -2.60. The van der Waals surface area contributed by atoms with Crippen molar-refractivity contribution in [1.29, 1.82) is 0 Å². The molecule has 7 rings (SSSR count). The summed E-state index contributed by atoms with van der Waals surface area (Å²) in [6.07, 6.45) is 6.98. The largest absolute Gasteiger partial charge is 0.449 e. The van der Waals surface area contributed by atoms with E-state index in [0.717, 1.165) is 56.1 Å². The molecule has 0 unspecified atom stereocenters. The Morgan fingerprint density at radius 1 is 1.04 bits per heavy atom. The number of amides is 5. The fraction of sp³-hybridized carbons (Fsp3) is 0.667. The van der Waals surface area contributed by atoms with Gasteiger partial charge in [0.1, 0.15) is 23.7 Å². The third-order valence-electron chi connectivity index (χ3n) is 12.4. The van der Waals surface area contributed by atoms with Crippen LogP contribution < -0.4 is 15.4 Å². The van der Waals surface area contributed by atoms with Crippen molar-refractivity contribution in [3.63, 3.8) is 0 Å². The molecule has 3 saturated carbocycles. The summed E-state index contributed by atoms with van der Waals surface area (Å²) in [5.41, 5.74) is 0.874. The van der Waals surface area contributed by atoms with Crippen molar-refractivity contribution in [2.24, 2.45) is 16.7 Å². The van der Waals surface area contributed by atoms with Gasteiger partial charge in [-0.25, -0.2) is 18.0 Å². The second kappa shape index (κ2) is 14.2. The van der Waals surface area contributed by atoms with Crippen LogP contribution in [0.15, 0.2) is 30.9 Å². The zero-order chi connectivity index (χ0) is 38.6. The number of sulfonamides is 1. The Labute approximate surface area is 317 Å². The van der Waals surface area contributed by atoms with Crippen LogP contribution in [-0.2, 0) is 53.4 Å². The predicted octanol–water partition coefficient (Wildman–Crippen LogP) is 3.82. The summed E-state index contributed by atoms with van der Waals surface area (Å²) in [5.74, 6) is -2.67. The fourth-order valence-electron chi connectivity index (χ4n) is 8.62. The van der Waals surface area contributed by atoms with Crippen molar-refractivity contribution in [2.45, 2.75) is 133 Å². The molecule has 5 atom stereocenters. The quantitative estimate of drug-likeness (QED) is 0.363. The molecule has 3 N–H and O–H groups in total. The highest BCUT2D eigenvalue weighted by atomic mass is 32.2. The number of alkyl carbamates (subject to hydrolysis) is 1. The highest BCUT2D eigenvalue weighted by Gasteiger charge is 2.62. The highest BCUT2D eigenvalue weighted by molar-refractivity contribution is 7.91. The van der Waals surface area contributed by atoms with Gasteiger partial charge in [0.15, 0.2) is 0 Å². The van der Waals surface area contributed by atoms with Crippen LogP contribution in [0.5, 0.6) is 0 Å². The lowest BCUT2D eigenvalue weighted by atomic mass is 9.66. The molecular formula is C39H53N5O9S. The molecule has 4 bridgehead atoms. The first-order valence-corrected chi connectivity index (χ1v) is 20.9. The molecule has 3 heterocycles. The SMILES string of the molecule is C=C[C@@H]1C[C@]1(NC(=O)[C@@H]1C[C@@H]2CN1C(=O)[C@H](C(C)(C)C)NC(=O)OCC1(CCCCc3cccc4c3CN(C4)C(=O)O2)CCC1)C(=O)NS(=O)(=O)C1CC1. The van der Waals surface area contributed by atoms with E-state index in [0.29, 0.717) is 25.9 Å². The molecule has 6 aliphatic rings. The molecule has 54 heavy (non-hydrogen) atoms. The van der Waals surface area contributed by atoms with Gasteiger partial charge >= 0.3 is 12.2 Å². The number of hydrogen-bond acceptors (Lipinski definition) is 9. The zero-order valence-electron chi connectivity index (χ0n) is 31.5. The van der Waals surface area contributed by atoms with Crippen LogP contribution in [0, 0.1) is 16.7 Å². The standard InChI is InChI=1S/C39H53N5O9S/c1-5-26-19-39(26,34(47)42-54(50,51)28-13-14-28)41-32(45)30-18-27-21-44(30)33(46)31(37(2,3)4)40-35(48)52-23-38(16-9-17-38)15-7-6-10-24-11-8-12-25-20-43(22-29(24)25)36(49)53-27/h5,8,11-12,26-28,30-31H,1,6-7,9-10,13-23H2,2-4H3,(H,40,48)(H,41,45)(H,42,47)/t26-,27-,30+,31-,39-/m1/s1. The lowest BCUT2D eigenvalue weighted by molar-refractivity contribution is -0.143. The van der Waals surface area contributed by atoms with Crippen LogP contribution in [0.3, 0.4) is 0 Å². The number of aryl methyl sites for hydroxylation is 1. The van der Waals surface area contributed by atoms with Gasteiger partial charge in [0.2, 0.25) is 21.8 Å². The number of nitrogens with one attached hydrogen (secondary N) is 3. The minimum Gasteiger partial charge on any atom is -0.449 e. The van der Waals surface area contributed by atoms with Crippen molar-refractivity contribution >= 4 is 39.9 Å². The van der Waals surface area contributed by atoms with E-state index in [1.165, 1.54) is 16.5 Å². The summed E-state index contributed by atoms with van der Waals surface area (Å²) in [6.45, 7) is 10.0. The van der Waals surface area contributed by atoms with Crippen molar-refractivity contribution in [1.82, 2.24) is 25.2 Å².